The number of rotatable bonds is 4. The van der Waals surface area contributed by atoms with Crippen LogP contribution >= 0.6 is 0 Å². The fourth-order valence-electron chi connectivity index (χ4n) is 2.29. The molecule has 0 spiro atoms. The van der Waals surface area contributed by atoms with Crippen LogP contribution in [0.3, 0.4) is 0 Å². The van der Waals surface area contributed by atoms with Crippen LogP contribution in [0.2, 0.25) is 0 Å². The SMILES string of the molecule is CC=C1C[C@H]([C@H](CC(C)C)NC(=O)OC(C)(C)C)OC1=O. The Morgan fingerprint density at radius 3 is 2.52 bits per heavy atom. The van der Waals surface area contributed by atoms with E-state index < -0.39 is 11.7 Å². The minimum Gasteiger partial charge on any atom is -0.456 e. The Kier molecular flexibility index (Phi) is 5.81. The van der Waals surface area contributed by atoms with Crippen molar-refractivity contribution in [2.45, 2.75) is 72.1 Å². The molecular formula is C16H27NO4. The molecular weight excluding hydrogens is 270 g/mol. The normalized spacial score (nSPS) is 22.3. The Hall–Kier alpha value is -1.52. The van der Waals surface area contributed by atoms with Gasteiger partial charge in [0.1, 0.15) is 11.7 Å². The highest BCUT2D eigenvalue weighted by Gasteiger charge is 2.36. The smallest absolute Gasteiger partial charge is 0.408 e. The maximum absolute atomic E-state index is 12.0. The number of nitrogens with one attached hydrogen (secondary N) is 1. The summed E-state index contributed by atoms with van der Waals surface area (Å²) in [4.78, 5) is 23.6. The van der Waals surface area contributed by atoms with Crippen molar-refractivity contribution in [2.75, 3.05) is 0 Å². The lowest BCUT2D eigenvalue weighted by Gasteiger charge is -2.27. The molecule has 1 rings (SSSR count). The molecule has 0 bridgehead atoms. The summed E-state index contributed by atoms with van der Waals surface area (Å²) >= 11 is 0. The van der Waals surface area contributed by atoms with Gasteiger partial charge in [-0.2, -0.15) is 0 Å². The van der Waals surface area contributed by atoms with E-state index in [0.29, 0.717) is 17.9 Å². The minimum atomic E-state index is -0.548. The van der Waals surface area contributed by atoms with Crippen LogP contribution in [-0.2, 0) is 14.3 Å². The van der Waals surface area contributed by atoms with Crippen molar-refractivity contribution in [3.05, 3.63) is 11.6 Å². The Labute approximate surface area is 127 Å². The topological polar surface area (TPSA) is 64.6 Å². The highest BCUT2D eigenvalue weighted by atomic mass is 16.6. The van der Waals surface area contributed by atoms with Crippen LogP contribution in [0.25, 0.3) is 0 Å². The lowest BCUT2D eigenvalue weighted by molar-refractivity contribution is -0.140. The van der Waals surface area contributed by atoms with E-state index >= 15 is 0 Å². The van der Waals surface area contributed by atoms with Gasteiger partial charge >= 0.3 is 12.1 Å². The van der Waals surface area contributed by atoms with Crippen LogP contribution in [-0.4, -0.2) is 29.8 Å². The Morgan fingerprint density at radius 1 is 1.48 bits per heavy atom. The molecule has 1 heterocycles. The van der Waals surface area contributed by atoms with Crippen molar-refractivity contribution in [3.8, 4) is 0 Å². The van der Waals surface area contributed by atoms with Gasteiger partial charge in [-0.15, -0.1) is 0 Å². The first kappa shape index (κ1) is 17.5. The van der Waals surface area contributed by atoms with E-state index in [1.807, 2.05) is 27.7 Å². The van der Waals surface area contributed by atoms with Gasteiger partial charge in [0, 0.05) is 12.0 Å². The van der Waals surface area contributed by atoms with E-state index in [1.54, 1.807) is 6.08 Å². The molecule has 0 radical (unpaired) electrons. The number of allylic oxidation sites excluding steroid dienone is 1. The number of cyclic esters (lactones) is 1. The van der Waals surface area contributed by atoms with Gasteiger partial charge in [0.25, 0.3) is 0 Å². The summed E-state index contributed by atoms with van der Waals surface area (Å²) in [5, 5.41) is 2.85. The monoisotopic (exact) mass is 297 g/mol. The number of carbonyl (C=O) groups is 2. The summed E-state index contributed by atoms with van der Waals surface area (Å²) in [7, 11) is 0. The summed E-state index contributed by atoms with van der Waals surface area (Å²) in [6.45, 7) is 11.4. The zero-order chi connectivity index (χ0) is 16.2. The minimum absolute atomic E-state index is 0.235. The molecule has 120 valence electrons. The van der Waals surface area contributed by atoms with E-state index in [9.17, 15) is 9.59 Å². The predicted octanol–water partition coefficient (Wildman–Crippen LogP) is 3.19. The van der Waals surface area contributed by atoms with Crippen molar-refractivity contribution in [1.29, 1.82) is 0 Å². The van der Waals surface area contributed by atoms with E-state index in [0.717, 1.165) is 6.42 Å². The molecule has 2 atom stereocenters. The maximum Gasteiger partial charge on any atom is 0.408 e. The van der Waals surface area contributed by atoms with Gasteiger partial charge in [-0.25, -0.2) is 9.59 Å². The quantitative estimate of drug-likeness (QED) is 0.639. The standard InChI is InChI=1S/C16H27NO4/c1-7-11-9-13(20-14(11)18)12(8-10(2)3)17-15(19)21-16(4,5)6/h7,10,12-13H,8-9H2,1-6H3,(H,17,19)/t12-,13+/m0/s1. The summed E-state index contributed by atoms with van der Waals surface area (Å²) in [5.41, 5.74) is 0.118. The predicted molar refractivity (Wildman–Crippen MR) is 80.9 cm³/mol. The molecule has 1 N–H and O–H groups in total. The number of hydrogen-bond donors (Lipinski definition) is 1. The summed E-state index contributed by atoms with van der Waals surface area (Å²) in [6, 6.07) is -0.235. The molecule has 5 nitrogen and oxygen atoms in total. The van der Waals surface area contributed by atoms with Gasteiger partial charge in [-0.05, 0) is 40.0 Å². The van der Waals surface area contributed by atoms with Gasteiger partial charge in [-0.3, -0.25) is 0 Å². The van der Waals surface area contributed by atoms with Gasteiger partial charge < -0.3 is 14.8 Å². The first-order valence-corrected chi connectivity index (χ1v) is 7.48. The lowest BCUT2D eigenvalue weighted by atomic mass is 9.96. The molecule has 1 saturated heterocycles. The van der Waals surface area contributed by atoms with E-state index in [-0.39, 0.29) is 18.1 Å². The van der Waals surface area contributed by atoms with E-state index in [4.69, 9.17) is 9.47 Å². The summed E-state index contributed by atoms with van der Waals surface area (Å²) < 4.78 is 10.7. The number of carbonyl (C=O) groups excluding carboxylic acids is 2. The molecule has 0 unspecified atom stereocenters. The van der Waals surface area contributed by atoms with Crippen LogP contribution in [0.5, 0.6) is 0 Å². The third-order valence-corrected chi connectivity index (χ3v) is 3.17. The first-order chi connectivity index (χ1) is 9.62. The fourth-order valence-corrected chi connectivity index (χ4v) is 2.29. The Bertz CT molecular complexity index is 420. The number of esters is 1. The third kappa shape index (κ3) is 5.78. The molecule has 1 fully saturated rings. The number of hydrogen-bond acceptors (Lipinski definition) is 4. The van der Waals surface area contributed by atoms with Gasteiger partial charge in [0.2, 0.25) is 0 Å². The fraction of sp³-hybridized carbons (Fsp3) is 0.750. The number of amides is 1. The van der Waals surface area contributed by atoms with Crippen LogP contribution in [0, 0.1) is 5.92 Å². The zero-order valence-corrected chi connectivity index (χ0v) is 13.9. The first-order valence-electron chi connectivity index (χ1n) is 7.48. The summed E-state index contributed by atoms with van der Waals surface area (Å²) in [5.74, 6) is 0.0838. The average Bonchev–Trinajstić information content (AvgIpc) is 2.66. The number of ether oxygens (including phenoxy) is 2. The molecule has 0 aromatic rings. The van der Waals surface area contributed by atoms with E-state index in [2.05, 4.69) is 19.2 Å². The lowest BCUT2D eigenvalue weighted by Crippen LogP contribution is -2.46. The van der Waals surface area contributed by atoms with Gasteiger partial charge in [-0.1, -0.05) is 19.9 Å². The second-order valence-electron chi connectivity index (χ2n) is 6.84. The molecule has 1 aliphatic heterocycles. The molecule has 21 heavy (non-hydrogen) atoms. The Balaban J connectivity index is 2.73. The number of alkyl carbamates (subject to hydrolysis) is 1. The summed E-state index contributed by atoms with van der Waals surface area (Å²) in [6.07, 6.45) is 2.23. The second-order valence-corrected chi connectivity index (χ2v) is 6.84. The molecule has 0 aromatic carbocycles. The second kappa shape index (κ2) is 6.96. The largest absolute Gasteiger partial charge is 0.456 e. The van der Waals surface area contributed by atoms with Crippen molar-refractivity contribution in [2.24, 2.45) is 5.92 Å². The Morgan fingerprint density at radius 2 is 2.10 bits per heavy atom. The molecule has 0 aromatic heterocycles. The van der Waals surface area contributed by atoms with Crippen molar-refractivity contribution >= 4 is 12.1 Å². The van der Waals surface area contributed by atoms with Crippen molar-refractivity contribution in [3.63, 3.8) is 0 Å². The maximum atomic E-state index is 12.0. The molecule has 5 heteroatoms. The van der Waals surface area contributed by atoms with Crippen LogP contribution in [0.15, 0.2) is 11.6 Å². The van der Waals surface area contributed by atoms with Gasteiger partial charge in [0.15, 0.2) is 0 Å². The van der Waals surface area contributed by atoms with Gasteiger partial charge in [0.05, 0.1) is 6.04 Å². The van der Waals surface area contributed by atoms with Crippen LogP contribution < -0.4 is 5.32 Å². The highest BCUT2D eigenvalue weighted by molar-refractivity contribution is 5.90. The van der Waals surface area contributed by atoms with Crippen molar-refractivity contribution < 1.29 is 19.1 Å². The average molecular weight is 297 g/mol. The molecule has 0 saturated carbocycles. The zero-order valence-electron chi connectivity index (χ0n) is 13.9. The molecule has 1 amide bonds. The molecule has 0 aliphatic carbocycles. The van der Waals surface area contributed by atoms with Crippen LogP contribution in [0.4, 0.5) is 4.79 Å². The molecule has 1 aliphatic rings. The highest BCUT2D eigenvalue weighted by Crippen LogP contribution is 2.25. The van der Waals surface area contributed by atoms with Crippen molar-refractivity contribution in [1.82, 2.24) is 5.32 Å². The third-order valence-electron chi connectivity index (χ3n) is 3.17. The van der Waals surface area contributed by atoms with E-state index in [1.165, 1.54) is 0 Å². The van der Waals surface area contributed by atoms with Crippen LogP contribution in [0.1, 0.15) is 54.4 Å².